The lowest BCUT2D eigenvalue weighted by molar-refractivity contribution is 0.736. The second kappa shape index (κ2) is 99.1. The molecule has 0 aromatic carbocycles. The van der Waals surface area contributed by atoms with Crippen LogP contribution in [0.15, 0.2) is 0 Å². The van der Waals surface area contributed by atoms with Gasteiger partial charge in [-0.15, -0.1) is 0 Å². The molecule has 0 atom stereocenters. The smallest absolute Gasteiger partial charge is 0 e. The zero-order chi connectivity index (χ0) is 13.2. The van der Waals surface area contributed by atoms with Crippen LogP contribution in [0.25, 0.3) is 0 Å². The monoisotopic (exact) mass is 252 g/mol. The predicted molar refractivity (Wildman–Crippen MR) is 96.4 cm³/mol. The first-order valence-corrected chi connectivity index (χ1v) is 6.46. The number of hydrogen-bond donors (Lipinski definition) is 0. The van der Waals surface area contributed by atoms with Crippen LogP contribution in [0, 0.1) is 11.8 Å². The molecule has 17 heavy (non-hydrogen) atoms. The van der Waals surface area contributed by atoms with Gasteiger partial charge in [0, 0.05) is 9.84 Å². The number of hydrogen-bond acceptors (Lipinski definition) is 0. The second-order valence-corrected chi connectivity index (χ2v) is 3.46. The Kier molecular flexibility index (Phi) is 312. The largest absolute Gasteiger partial charge is 0.0776 e. The molecule has 0 aromatic heterocycles. The first-order chi connectivity index (χ1) is 6.46. The third-order valence-electron chi connectivity index (χ3n) is 0. The van der Waals surface area contributed by atoms with Crippen molar-refractivity contribution in [3.63, 3.8) is 0 Å². The first kappa shape index (κ1) is 53.6. The molecule has 0 amide bonds. The summed E-state index contributed by atoms with van der Waals surface area (Å²) >= 11 is 0. The quantitative estimate of drug-likeness (QED) is 0.390. The van der Waals surface area contributed by atoms with E-state index in [0.717, 1.165) is 11.8 Å². The van der Waals surface area contributed by atoms with Crippen LogP contribution >= 0.6 is 0 Å². The van der Waals surface area contributed by atoms with Crippen molar-refractivity contribution >= 4 is 8.41 Å². The third-order valence-corrected chi connectivity index (χ3v) is 0. The summed E-state index contributed by atoms with van der Waals surface area (Å²) in [6, 6.07) is 0. The maximum Gasteiger partial charge on any atom is 0 e. The lowest BCUT2D eigenvalue weighted by Gasteiger charge is -1.79. The molecule has 0 N–H and O–H groups in total. The van der Waals surface area contributed by atoms with Crippen molar-refractivity contribution < 1.29 is 1.43 Å². The van der Waals surface area contributed by atoms with E-state index in [0.29, 0.717) is 0 Å². The highest BCUT2D eigenvalue weighted by molar-refractivity contribution is 5.75. The average Bonchev–Trinajstić information content (AvgIpc) is 2.12. The minimum Gasteiger partial charge on any atom is -0.0776 e. The fourth-order valence-electron chi connectivity index (χ4n) is 0. The van der Waals surface area contributed by atoms with Crippen LogP contribution in [0.2, 0.25) is 0 Å². The topological polar surface area (TPSA) is 0 Å². The number of rotatable bonds is 0. The van der Waals surface area contributed by atoms with Crippen molar-refractivity contribution in [2.45, 2.75) is 97.9 Å². The highest BCUT2D eigenvalue weighted by atomic mass is 13.7. The van der Waals surface area contributed by atoms with Gasteiger partial charge < -0.3 is 0 Å². The lowest BCUT2D eigenvalue weighted by Crippen LogP contribution is -1.66. The molecular formula is C16H48B. The SMILES string of the molecule is C.C.CC.CC.CC.CC(C)C.CC(C)C.[2HH].[B]. The van der Waals surface area contributed by atoms with Crippen molar-refractivity contribution in [2.24, 2.45) is 11.8 Å². The van der Waals surface area contributed by atoms with Crippen LogP contribution in [0.4, 0.5) is 0 Å². The summed E-state index contributed by atoms with van der Waals surface area (Å²) in [7, 11) is 0. The molecule has 0 heterocycles. The van der Waals surface area contributed by atoms with Gasteiger partial charge in [-0.2, -0.15) is 0 Å². The maximum absolute atomic E-state index is 2.17. The van der Waals surface area contributed by atoms with Crippen molar-refractivity contribution in [3.05, 3.63) is 0 Å². The Morgan fingerprint density at radius 1 is 0.471 bits per heavy atom. The van der Waals surface area contributed by atoms with E-state index in [1.54, 1.807) is 0 Å². The van der Waals surface area contributed by atoms with Gasteiger partial charge in [0.2, 0.25) is 0 Å². The molecule has 0 unspecified atom stereocenters. The predicted octanol–water partition coefficient (Wildman–Crippen LogP) is 7.54. The first-order valence-electron chi connectivity index (χ1n) is 6.46. The molecule has 3 radical (unpaired) electrons. The van der Waals surface area contributed by atoms with Crippen LogP contribution < -0.4 is 0 Å². The van der Waals surface area contributed by atoms with Crippen molar-refractivity contribution in [1.82, 2.24) is 0 Å². The molecule has 0 bridgehead atoms. The average molecular weight is 252 g/mol. The minimum absolute atomic E-state index is 0. The molecule has 0 aliphatic heterocycles. The molecule has 115 valence electrons. The second-order valence-electron chi connectivity index (χ2n) is 3.46. The summed E-state index contributed by atoms with van der Waals surface area (Å²) in [6.45, 7) is 25.0. The van der Waals surface area contributed by atoms with Crippen LogP contribution in [0.3, 0.4) is 0 Å². The lowest BCUT2D eigenvalue weighted by atomic mass is 10.3. The molecule has 1 heteroatoms. The van der Waals surface area contributed by atoms with Crippen molar-refractivity contribution in [1.29, 1.82) is 0 Å². The highest BCUT2D eigenvalue weighted by Crippen LogP contribution is 1.81. The molecule has 0 aliphatic carbocycles. The van der Waals surface area contributed by atoms with E-state index in [1.807, 2.05) is 41.5 Å². The molecule has 0 spiro atoms. The Labute approximate surface area is 120 Å². The minimum atomic E-state index is 0. The fourth-order valence-corrected chi connectivity index (χ4v) is 0. The molecule has 0 saturated heterocycles. The Morgan fingerprint density at radius 3 is 0.471 bits per heavy atom. The van der Waals surface area contributed by atoms with Gasteiger partial charge in [-0.05, 0) is 11.8 Å². The summed E-state index contributed by atoms with van der Waals surface area (Å²) in [5.41, 5.74) is 0. The van der Waals surface area contributed by atoms with E-state index in [1.165, 1.54) is 0 Å². The molecule has 0 rings (SSSR count). The van der Waals surface area contributed by atoms with Gasteiger partial charge >= 0.3 is 0 Å². The third kappa shape index (κ3) is 754000. The zero-order valence-corrected chi connectivity index (χ0v) is 13.7. The molecular weight excluding hydrogens is 203 g/mol. The Hall–Kier alpha value is 0.0649. The van der Waals surface area contributed by atoms with Crippen LogP contribution in [-0.4, -0.2) is 8.41 Å². The molecule has 0 aliphatic rings. The van der Waals surface area contributed by atoms with Gasteiger partial charge in [0.05, 0.1) is 0 Å². The van der Waals surface area contributed by atoms with Gasteiger partial charge in [-0.3, -0.25) is 0 Å². The van der Waals surface area contributed by atoms with Gasteiger partial charge in [0.15, 0.2) is 0 Å². The van der Waals surface area contributed by atoms with Gasteiger partial charge in [-0.1, -0.05) is 97.9 Å². The van der Waals surface area contributed by atoms with E-state index in [-0.39, 0.29) is 24.7 Å². The standard InChI is InChI=1S/2C4H10.3C2H6.2CH4.B.H2/c2*1-4(2)3;3*1-2;;;;/h2*4H,1-3H3;3*1-2H3;2*1H4;;1H/i;;;;;;;;1+1. The Morgan fingerprint density at radius 2 is 0.471 bits per heavy atom. The van der Waals surface area contributed by atoms with Gasteiger partial charge in [0.25, 0.3) is 0 Å². The van der Waals surface area contributed by atoms with E-state index in [2.05, 4.69) is 41.5 Å². The fraction of sp³-hybridized carbons (Fsp3) is 1.00. The molecule has 0 fully saturated rings. The van der Waals surface area contributed by atoms with Gasteiger partial charge in [0.1, 0.15) is 0 Å². The summed E-state index contributed by atoms with van der Waals surface area (Å²) in [5, 5.41) is 0. The summed E-state index contributed by atoms with van der Waals surface area (Å²) in [6.07, 6.45) is 0. The summed E-state index contributed by atoms with van der Waals surface area (Å²) in [4.78, 5) is 0. The van der Waals surface area contributed by atoms with Crippen LogP contribution in [0.5, 0.6) is 0 Å². The Bertz CT molecular complexity index is 26.6. The Balaban J connectivity index is -0.00000000792. The zero-order valence-electron chi connectivity index (χ0n) is 13.7. The van der Waals surface area contributed by atoms with Crippen LogP contribution in [0.1, 0.15) is 99.4 Å². The summed E-state index contributed by atoms with van der Waals surface area (Å²) in [5.74, 6) is 1.67. The summed E-state index contributed by atoms with van der Waals surface area (Å²) < 4.78 is 0. The van der Waals surface area contributed by atoms with E-state index in [9.17, 15) is 0 Å². The molecule has 0 aromatic rings. The van der Waals surface area contributed by atoms with Crippen LogP contribution in [-0.2, 0) is 0 Å². The van der Waals surface area contributed by atoms with Crippen molar-refractivity contribution in [2.75, 3.05) is 0 Å². The van der Waals surface area contributed by atoms with Gasteiger partial charge in [-0.25, -0.2) is 0 Å². The maximum atomic E-state index is 2.17. The normalized spacial score (nSPS) is 5.29. The van der Waals surface area contributed by atoms with E-state index >= 15 is 0 Å². The molecule has 0 saturated carbocycles. The highest BCUT2D eigenvalue weighted by Gasteiger charge is 1.68. The van der Waals surface area contributed by atoms with E-state index in [4.69, 9.17) is 0 Å². The van der Waals surface area contributed by atoms with Crippen molar-refractivity contribution in [3.8, 4) is 0 Å². The van der Waals surface area contributed by atoms with E-state index < -0.39 is 0 Å². The molecule has 0 nitrogen and oxygen atoms in total.